The maximum atomic E-state index is 14.1. The zero-order valence-corrected chi connectivity index (χ0v) is 12.6. The van der Waals surface area contributed by atoms with E-state index in [4.69, 9.17) is 0 Å². The van der Waals surface area contributed by atoms with Gasteiger partial charge in [0.15, 0.2) is 5.78 Å². The Balaban J connectivity index is 1.82. The highest BCUT2D eigenvalue weighted by Gasteiger charge is 2.10. The second-order valence-corrected chi connectivity index (χ2v) is 5.05. The Morgan fingerprint density at radius 3 is 2.78 bits per heavy atom. The molecule has 2 aromatic heterocycles. The Morgan fingerprint density at radius 1 is 1.35 bits per heavy atom. The van der Waals surface area contributed by atoms with E-state index in [1.165, 1.54) is 29.5 Å². The van der Waals surface area contributed by atoms with E-state index in [2.05, 4.69) is 15.2 Å². The molecule has 0 aliphatic carbocycles. The standard InChI is InChI=1S/C16H14FN5O/c1-11-13(8-21(2)20-11)16(23)6-4-12-3-5-15(14(17)7-12)22-10-18-9-19-22/h3-10H,1-2H3. The van der Waals surface area contributed by atoms with Crippen LogP contribution in [0.25, 0.3) is 11.8 Å². The third-order valence-electron chi connectivity index (χ3n) is 3.34. The number of allylic oxidation sites excluding steroid dienone is 1. The maximum Gasteiger partial charge on any atom is 0.189 e. The van der Waals surface area contributed by atoms with Crippen LogP contribution in [0.1, 0.15) is 21.6 Å². The second-order valence-electron chi connectivity index (χ2n) is 5.05. The smallest absolute Gasteiger partial charge is 0.189 e. The van der Waals surface area contributed by atoms with Crippen molar-refractivity contribution in [1.82, 2.24) is 24.5 Å². The summed E-state index contributed by atoms with van der Waals surface area (Å²) in [5.74, 6) is -0.612. The Bertz CT molecular complexity index is 880. The lowest BCUT2D eigenvalue weighted by atomic mass is 10.1. The summed E-state index contributed by atoms with van der Waals surface area (Å²) >= 11 is 0. The first-order valence-corrected chi connectivity index (χ1v) is 6.92. The molecular weight excluding hydrogens is 297 g/mol. The summed E-state index contributed by atoms with van der Waals surface area (Å²) in [7, 11) is 1.76. The minimum Gasteiger partial charge on any atom is -0.289 e. The second kappa shape index (κ2) is 5.96. The number of hydrogen-bond acceptors (Lipinski definition) is 4. The predicted octanol–water partition coefficient (Wildman–Crippen LogP) is 2.34. The topological polar surface area (TPSA) is 65.6 Å². The lowest BCUT2D eigenvalue weighted by Gasteiger charge is -2.03. The number of benzene rings is 1. The largest absolute Gasteiger partial charge is 0.289 e. The van der Waals surface area contributed by atoms with Gasteiger partial charge in [0.25, 0.3) is 0 Å². The molecular formula is C16H14FN5O. The SMILES string of the molecule is Cc1nn(C)cc1C(=O)C=Cc1ccc(-n2cncn2)c(F)c1. The molecule has 0 fully saturated rings. The van der Waals surface area contributed by atoms with E-state index in [1.54, 1.807) is 43.1 Å². The molecule has 6 nitrogen and oxygen atoms in total. The van der Waals surface area contributed by atoms with Gasteiger partial charge in [-0.25, -0.2) is 14.1 Å². The van der Waals surface area contributed by atoms with E-state index in [0.29, 0.717) is 22.5 Å². The van der Waals surface area contributed by atoms with Gasteiger partial charge in [0.05, 0.1) is 11.3 Å². The van der Waals surface area contributed by atoms with Gasteiger partial charge in [-0.05, 0) is 30.7 Å². The molecule has 3 rings (SSSR count). The average molecular weight is 311 g/mol. The van der Waals surface area contributed by atoms with Crippen LogP contribution in [0.5, 0.6) is 0 Å². The van der Waals surface area contributed by atoms with Crippen LogP contribution in [-0.4, -0.2) is 30.3 Å². The zero-order chi connectivity index (χ0) is 16.4. The number of rotatable bonds is 4. The molecule has 0 amide bonds. The Morgan fingerprint density at radius 2 is 2.17 bits per heavy atom. The number of nitrogens with zero attached hydrogens (tertiary/aromatic N) is 5. The van der Waals surface area contributed by atoms with Gasteiger partial charge < -0.3 is 0 Å². The van der Waals surface area contributed by atoms with Gasteiger partial charge in [0, 0.05) is 13.2 Å². The van der Waals surface area contributed by atoms with E-state index in [1.807, 2.05) is 0 Å². The van der Waals surface area contributed by atoms with Crippen molar-refractivity contribution in [1.29, 1.82) is 0 Å². The molecule has 0 spiro atoms. The van der Waals surface area contributed by atoms with E-state index < -0.39 is 5.82 Å². The third-order valence-corrected chi connectivity index (χ3v) is 3.34. The fourth-order valence-corrected chi connectivity index (χ4v) is 2.25. The van der Waals surface area contributed by atoms with Crippen molar-refractivity contribution in [3.05, 3.63) is 65.8 Å². The summed E-state index contributed by atoms with van der Waals surface area (Å²) < 4.78 is 17.0. The van der Waals surface area contributed by atoms with Gasteiger partial charge in [-0.2, -0.15) is 10.2 Å². The number of carbonyl (C=O) groups excluding carboxylic acids is 1. The highest BCUT2D eigenvalue weighted by Crippen LogP contribution is 2.15. The van der Waals surface area contributed by atoms with Crippen molar-refractivity contribution >= 4 is 11.9 Å². The van der Waals surface area contributed by atoms with Crippen molar-refractivity contribution in [2.45, 2.75) is 6.92 Å². The van der Waals surface area contributed by atoms with Gasteiger partial charge >= 0.3 is 0 Å². The molecule has 0 N–H and O–H groups in total. The summed E-state index contributed by atoms with van der Waals surface area (Å²) in [5, 5.41) is 8.01. The summed E-state index contributed by atoms with van der Waals surface area (Å²) in [5.41, 5.74) is 2.08. The molecule has 0 aliphatic heterocycles. The number of hydrogen-bond donors (Lipinski definition) is 0. The Hall–Kier alpha value is -3.09. The first-order valence-electron chi connectivity index (χ1n) is 6.92. The Labute approximate surface area is 131 Å². The summed E-state index contributed by atoms with van der Waals surface area (Å²) in [6, 6.07) is 4.64. The van der Waals surface area contributed by atoms with Crippen molar-refractivity contribution in [3.8, 4) is 5.69 Å². The quantitative estimate of drug-likeness (QED) is 0.548. The van der Waals surface area contributed by atoms with Gasteiger partial charge in [-0.15, -0.1) is 0 Å². The highest BCUT2D eigenvalue weighted by molar-refractivity contribution is 6.07. The normalized spacial score (nSPS) is 11.3. The van der Waals surface area contributed by atoms with Crippen LogP contribution >= 0.6 is 0 Å². The van der Waals surface area contributed by atoms with Gasteiger partial charge in [-0.1, -0.05) is 12.1 Å². The number of carbonyl (C=O) groups is 1. The highest BCUT2D eigenvalue weighted by atomic mass is 19.1. The van der Waals surface area contributed by atoms with E-state index in [9.17, 15) is 9.18 Å². The number of aryl methyl sites for hydroxylation is 2. The van der Waals surface area contributed by atoms with Crippen molar-refractivity contribution in [2.75, 3.05) is 0 Å². The van der Waals surface area contributed by atoms with Crippen LogP contribution in [0.2, 0.25) is 0 Å². The van der Waals surface area contributed by atoms with E-state index >= 15 is 0 Å². The molecule has 0 saturated carbocycles. The monoisotopic (exact) mass is 311 g/mol. The van der Waals surface area contributed by atoms with Crippen LogP contribution in [-0.2, 0) is 7.05 Å². The molecule has 116 valence electrons. The summed E-state index contributed by atoms with van der Waals surface area (Å²) in [4.78, 5) is 15.9. The minimum atomic E-state index is -0.442. The lowest BCUT2D eigenvalue weighted by molar-refractivity contribution is 0.104. The molecule has 1 aromatic carbocycles. The molecule has 0 saturated heterocycles. The van der Waals surface area contributed by atoms with Crippen LogP contribution in [0.4, 0.5) is 4.39 Å². The van der Waals surface area contributed by atoms with E-state index in [-0.39, 0.29) is 5.78 Å². The fourth-order valence-electron chi connectivity index (χ4n) is 2.25. The van der Waals surface area contributed by atoms with Gasteiger partial charge in [-0.3, -0.25) is 9.48 Å². The Kier molecular flexibility index (Phi) is 3.84. The van der Waals surface area contributed by atoms with Crippen LogP contribution in [0, 0.1) is 12.7 Å². The first kappa shape index (κ1) is 14.8. The van der Waals surface area contributed by atoms with Crippen molar-refractivity contribution < 1.29 is 9.18 Å². The van der Waals surface area contributed by atoms with E-state index in [0.717, 1.165) is 0 Å². The summed E-state index contributed by atoms with van der Waals surface area (Å²) in [6.07, 6.45) is 7.40. The first-order chi connectivity index (χ1) is 11.0. The summed E-state index contributed by atoms with van der Waals surface area (Å²) in [6.45, 7) is 1.77. The van der Waals surface area contributed by atoms with Crippen molar-refractivity contribution in [2.24, 2.45) is 7.05 Å². The fraction of sp³-hybridized carbons (Fsp3) is 0.125. The van der Waals surface area contributed by atoms with Crippen LogP contribution < -0.4 is 0 Å². The third kappa shape index (κ3) is 3.08. The molecule has 0 radical (unpaired) electrons. The molecule has 0 atom stereocenters. The lowest BCUT2D eigenvalue weighted by Crippen LogP contribution is -1.98. The maximum absolute atomic E-state index is 14.1. The average Bonchev–Trinajstić information content (AvgIpc) is 3.14. The molecule has 3 aromatic rings. The molecule has 2 heterocycles. The number of halogens is 1. The van der Waals surface area contributed by atoms with Gasteiger partial charge in [0.2, 0.25) is 0 Å². The number of ketones is 1. The van der Waals surface area contributed by atoms with Crippen LogP contribution in [0.15, 0.2) is 43.1 Å². The molecule has 0 bridgehead atoms. The minimum absolute atomic E-state index is 0.170. The van der Waals surface area contributed by atoms with Gasteiger partial charge in [0.1, 0.15) is 24.2 Å². The molecule has 23 heavy (non-hydrogen) atoms. The van der Waals surface area contributed by atoms with Crippen molar-refractivity contribution in [3.63, 3.8) is 0 Å². The molecule has 7 heteroatoms. The van der Waals surface area contributed by atoms with Crippen LogP contribution in [0.3, 0.4) is 0 Å². The number of aromatic nitrogens is 5. The molecule has 0 aliphatic rings. The predicted molar refractivity (Wildman–Crippen MR) is 82.6 cm³/mol. The zero-order valence-electron chi connectivity index (χ0n) is 12.6. The molecule has 0 unspecified atom stereocenters.